The molecule has 30 heavy (non-hydrogen) atoms. The second kappa shape index (κ2) is 8.19. The fraction of sp³-hybridized carbons (Fsp3) is 0.417. The first kappa shape index (κ1) is 20.5. The van der Waals surface area contributed by atoms with Crippen LogP contribution in [0.5, 0.6) is 0 Å². The van der Waals surface area contributed by atoms with E-state index < -0.39 is 5.54 Å². The van der Waals surface area contributed by atoms with E-state index in [9.17, 15) is 14.0 Å². The third kappa shape index (κ3) is 4.38. The molecule has 1 unspecified atom stereocenters. The lowest BCUT2D eigenvalue weighted by Crippen LogP contribution is -2.55. The van der Waals surface area contributed by atoms with Crippen LogP contribution in [-0.2, 0) is 11.3 Å². The van der Waals surface area contributed by atoms with E-state index in [4.69, 9.17) is 0 Å². The van der Waals surface area contributed by atoms with Crippen LogP contribution in [0, 0.1) is 19.7 Å². The van der Waals surface area contributed by atoms with Crippen LogP contribution in [0.15, 0.2) is 42.5 Å². The third-order valence-corrected chi connectivity index (χ3v) is 6.13. The first-order valence-electron chi connectivity index (χ1n) is 10.5. The van der Waals surface area contributed by atoms with Crippen LogP contribution in [-0.4, -0.2) is 53.3 Å². The molecule has 0 aliphatic carbocycles. The molecule has 2 aliphatic rings. The van der Waals surface area contributed by atoms with Gasteiger partial charge in [-0.2, -0.15) is 0 Å². The summed E-state index contributed by atoms with van der Waals surface area (Å²) in [6.45, 7) is 6.92. The molecule has 2 amide bonds. The normalized spacial score (nSPS) is 22.2. The molecule has 158 valence electrons. The van der Waals surface area contributed by atoms with Gasteiger partial charge >= 0.3 is 0 Å². The smallest absolute Gasteiger partial charge is 0.254 e. The Labute approximate surface area is 176 Å². The van der Waals surface area contributed by atoms with Gasteiger partial charge < -0.3 is 10.2 Å². The zero-order valence-corrected chi connectivity index (χ0v) is 17.6. The highest BCUT2D eigenvalue weighted by atomic mass is 19.1. The van der Waals surface area contributed by atoms with Crippen molar-refractivity contribution in [3.8, 4) is 0 Å². The molecule has 2 aromatic carbocycles. The summed E-state index contributed by atoms with van der Waals surface area (Å²) in [5.74, 6) is -0.227. The molecule has 1 spiro atoms. The lowest BCUT2D eigenvalue weighted by atomic mass is 9.97. The van der Waals surface area contributed by atoms with Gasteiger partial charge in [-0.3, -0.25) is 14.5 Å². The number of carbonyl (C=O) groups is 2. The highest BCUT2D eigenvalue weighted by Crippen LogP contribution is 2.28. The number of halogens is 1. The van der Waals surface area contributed by atoms with Crippen LogP contribution in [0.2, 0.25) is 0 Å². The van der Waals surface area contributed by atoms with E-state index in [0.29, 0.717) is 44.7 Å². The van der Waals surface area contributed by atoms with Crippen LogP contribution in [0.4, 0.5) is 4.39 Å². The number of hydrogen-bond acceptors (Lipinski definition) is 3. The largest absolute Gasteiger partial charge is 0.347 e. The lowest BCUT2D eigenvalue weighted by Gasteiger charge is -2.33. The Morgan fingerprint density at radius 3 is 2.73 bits per heavy atom. The van der Waals surface area contributed by atoms with Crippen LogP contribution in [0.1, 0.15) is 39.9 Å². The van der Waals surface area contributed by atoms with Crippen molar-refractivity contribution in [2.45, 2.75) is 38.8 Å². The standard InChI is InChI=1S/C24H28FN3O2/c1-17-6-7-21(18(2)12-17)23(30)28-11-9-24(16-28)15-27(10-8-22(29)26-24)14-19-4-3-5-20(25)13-19/h3-7,12-13H,8-11,14-16H2,1-2H3,(H,26,29). The van der Waals surface area contributed by atoms with Crippen molar-refractivity contribution in [1.82, 2.24) is 15.1 Å². The highest BCUT2D eigenvalue weighted by Gasteiger charge is 2.44. The number of rotatable bonds is 3. The number of amides is 2. The summed E-state index contributed by atoms with van der Waals surface area (Å²) >= 11 is 0. The van der Waals surface area contributed by atoms with Gasteiger partial charge in [0.05, 0.1) is 5.54 Å². The van der Waals surface area contributed by atoms with E-state index in [-0.39, 0.29) is 17.6 Å². The van der Waals surface area contributed by atoms with E-state index in [1.54, 1.807) is 6.07 Å². The second-order valence-corrected chi connectivity index (χ2v) is 8.71. The molecule has 2 fully saturated rings. The Morgan fingerprint density at radius 2 is 1.97 bits per heavy atom. The average Bonchev–Trinajstić information content (AvgIpc) is 3.02. The van der Waals surface area contributed by atoms with Crippen molar-refractivity contribution < 1.29 is 14.0 Å². The summed E-state index contributed by atoms with van der Waals surface area (Å²) < 4.78 is 13.6. The number of nitrogens with zero attached hydrogens (tertiary/aromatic N) is 2. The van der Waals surface area contributed by atoms with Crippen molar-refractivity contribution in [3.05, 3.63) is 70.5 Å². The molecular formula is C24H28FN3O2. The van der Waals surface area contributed by atoms with Gasteiger partial charge in [0.25, 0.3) is 5.91 Å². The van der Waals surface area contributed by atoms with E-state index in [2.05, 4.69) is 10.2 Å². The summed E-state index contributed by atoms with van der Waals surface area (Å²) in [5.41, 5.74) is 3.24. The van der Waals surface area contributed by atoms with Gasteiger partial charge in [-0.15, -0.1) is 0 Å². The molecule has 0 radical (unpaired) electrons. The molecule has 2 aromatic rings. The van der Waals surface area contributed by atoms with Crippen LogP contribution >= 0.6 is 0 Å². The maximum absolute atomic E-state index is 13.6. The first-order valence-corrected chi connectivity index (χ1v) is 10.5. The number of likely N-dealkylation sites (tertiary alicyclic amines) is 1. The van der Waals surface area contributed by atoms with E-state index in [1.807, 2.05) is 43.0 Å². The van der Waals surface area contributed by atoms with E-state index in [1.165, 1.54) is 12.1 Å². The van der Waals surface area contributed by atoms with Crippen molar-refractivity contribution in [2.24, 2.45) is 0 Å². The van der Waals surface area contributed by atoms with Gasteiger partial charge in [0, 0.05) is 44.7 Å². The Morgan fingerprint density at radius 1 is 1.13 bits per heavy atom. The zero-order chi connectivity index (χ0) is 21.3. The number of carbonyl (C=O) groups excluding carboxylic acids is 2. The Balaban J connectivity index is 1.50. The lowest BCUT2D eigenvalue weighted by molar-refractivity contribution is -0.122. The Bertz CT molecular complexity index is 977. The summed E-state index contributed by atoms with van der Waals surface area (Å²) in [5, 5.41) is 3.19. The molecule has 6 heteroatoms. The highest BCUT2D eigenvalue weighted by molar-refractivity contribution is 5.96. The van der Waals surface area contributed by atoms with Crippen LogP contribution in [0.3, 0.4) is 0 Å². The maximum atomic E-state index is 13.6. The van der Waals surface area contributed by atoms with E-state index in [0.717, 1.165) is 23.1 Å². The predicted octanol–water partition coefficient (Wildman–Crippen LogP) is 3.05. The van der Waals surface area contributed by atoms with Gasteiger partial charge in [-0.05, 0) is 49.6 Å². The topological polar surface area (TPSA) is 52.7 Å². The van der Waals surface area contributed by atoms with Crippen molar-refractivity contribution >= 4 is 11.8 Å². The molecule has 4 rings (SSSR count). The second-order valence-electron chi connectivity index (χ2n) is 8.71. The molecule has 1 N–H and O–H groups in total. The van der Waals surface area contributed by atoms with Crippen molar-refractivity contribution in [1.29, 1.82) is 0 Å². The molecule has 5 nitrogen and oxygen atoms in total. The Hall–Kier alpha value is -2.73. The van der Waals surface area contributed by atoms with Gasteiger partial charge in [0.1, 0.15) is 5.82 Å². The average molecular weight is 410 g/mol. The zero-order valence-electron chi connectivity index (χ0n) is 17.6. The quantitative estimate of drug-likeness (QED) is 0.848. The molecule has 0 aromatic heterocycles. The van der Waals surface area contributed by atoms with Gasteiger partial charge in [0.2, 0.25) is 5.91 Å². The van der Waals surface area contributed by atoms with E-state index >= 15 is 0 Å². The number of aryl methyl sites for hydroxylation is 2. The van der Waals surface area contributed by atoms with Crippen LogP contribution in [0.25, 0.3) is 0 Å². The summed E-state index contributed by atoms with van der Waals surface area (Å²) in [7, 11) is 0. The molecule has 0 saturated carbocycles. The summed E-state index contributed by atoms with van der Waals surface area (Å²) in [4.78, 5) is 29.6. The SMILES string of the molecule is Cc1ccc(C(=O)N2CCC3(CN(Cc4cccc(F)c4)CCC(=O)N3)C2)c(C)c1. The molecule has 2 heterocycles. The maximum Gasteiger partial charge on any atom is 0.254 e. The molecular weight excluding hydrogens is 381 g/mol. The third-order valence-electron chi connectivity index (χ3n) is 6.13. The molecule has 2 aliphatic heterocycles. The minimum absolute atomic E-state index is 0.0116. The summed E-state index contributed by atoms with van der Waals surface area (Å²) in [6.07, 6.45) is 1.12. The minimum atomic E-state index is -0.463. The monoisotopic (exact) mass is 409 g/mol. The fourth-order valence-electron chi connectivity index (χ4n) is 4.69. The van der Waals surface area contributed by atoms with Gasteiger partial charge in [-0.1, -0.05) is 29.8 Å². The summed E-state index contributed by atoms with van der Waals surface area (Å²) in [6, 6.07) is 12.5. The number of hydrogen-bond donors (Lipinski definition) is 1. The molecule has 2 saturated heterocycles. The molecule has 1 atom stereocenters. The number of benzene rings is 2. The van der Waals surface area contributed by atoms with Crippen LogP contribution < -0.4 is 5.32 Å². The van der Waals surface area contributed by atoms with Crippen molar-refractivity contribution in [3.63, 3.8) is 0 Å². The molecule has 0 bridgehead atoms. The first-order chi connectivity index (χ1) is 14.3. The minimum Gasteiger partial charge on any atom is -0.347 e. The number of nitrogens with one attached hydrogen (secondary N) is 1. The van der Waals surface area contributed by atoms with Gasteiger partial charge in [-0.25, -0.2) is 4.39 Å². The fourth-order valence-corrected chi connectivity index (χ4v) is 4.69. The van der Waals surface area contributed by atoms with Crippen molar-refractivity contribution in [2.75, 3.05) is 26.2 Å². The van der Waals surface area contributed by atoms with Gasteiger partial charge in [0.15, 0.2) is 0 Å². The predicted molar refractivity (Wildman–Crippen MR) is 114 cm³/mol. The Kier molecular flexibility index (Phi) is 5.60.